The maximum Gasteiger partial charge on any atom is 0.368 e. The topological polar surface area (TPSA) is 115 Å². The summed E-state index contributed by atoms with van der Waals surface area (Å²) in [5.74, 6) is -1.57. The van der Waals surface area contributed by atoms with Crippen LogP contribution in [-0.2, 0) is 7.05 Å². The number of halogens is 3. The number of fused-ring (bicyclic) bond motifs is 1. The zero-order chi connectivity index (χ0) is 28.8. The van der Waals surface area contributed by atoms with E-state index in [4.69, 9.17) is 4.74 Å². The highest BCUT2D eigenvalue weighted by atomic mass is 19.1. The quantitative estimate of drug-likeness (QED) is 0.425. The van der Waals surface area contributed by atoms with Crippen LogP contribution in [0.15, 0.2) is 23.1 Å². The van der Waals surface area contributed by atoms with Crippen LogP contribution in [0.4, 0.5) is 30.6 Å². The summed E-state index contributed by atoms with van der Waals surface area (Å²) in [4.78, 5) is 23.3. The lowest BCUT2D eigenvalue weighted by Gasteiger charge is -2.47. The molecule has 0 saturated carbocycles. The molecule has 2 aliphatic heterocycles. The number of tetrazole rings is 1. The second kappa shape index (κ2) is 10.4. The minimum absolute atomic E-state index is 0.00894. The Balaban J connectivity index is 1.42. The van der Waals surface area contributed by atoms with Crippen LogP contribution < -0.4 is 21.1 Å². The number of aryl methyl sites for hydroxylation is 1. The Labute approximate surface area is 229 Å². The molecule has 40 heavy (non-hydrogen) atoms. The lowest BCUT2D eigenvalue weighted by Crippen LogP contribution is -2.55. The van der Waals surface area contributed by atoms with E-state index < -0.39 is 29.6 Å². The zero-order valence-corrected chi connectivity index (χ0v) is 23.2. The first kappa shape index (κ1) is 27.9. The third-order valence-corrected chi connectivity index (χ3v) is 7.36. The lowest BCUT2D eigenvalue weighted by atomic mass is 9.84. The highest BCUT2D eigenvalue weighted by Crippen LogP contribution is 2.39. The van der Waals surface area contributed by atoms with Crippen LogP contribution in [0, 0.1) is 11.6 Å². The van der Waals surface area contributed by atoms with Crippen molar-refractivity contribution in [3.05, 3.63) is 40.4 Å². The van der Waals surface area contributed by atoms with Crippen LogP contribution in [0.3, 0.4) is 0 Å². The third kappa shape index (κ3) is 5.76. The number of nitrogens with one attached hydrogen (secondary N) is 2. The molecule has 5 rings (SSSR count). The van der Waals surface area contributed by atoms with E-state index in [2.05, 4.69) is 49.8 Å². The molecule has 2 atom stereocenters. The molecule has 1 aromatic carbocycles. The molecular formula is C26H34F3N9O2. The Bertz CT molecular complexity index is 1450. The molecule has 2 fully saturated rings. The molecule has 216 valence electrons. The van der Waals surface area contributed by atoms with Crippen molar-refractivity contribution in [1.82, 2.24) is 34.7 Å². The highest BCUT2D eigenvalue weighted by Gasteiger charge is 2.43. The van der Waals surface area contributed by atoms with Crippen molar-refractivity contribution in [2.45, 2.75) is 76.7 Å². The maximum atomic E-state index is 15.2. The second-order valence-electron chi connectivity index (χ2n) is 11.7. The van der Waals surface area contributed by atoms with Gasteiger partial charge in [-0.25, -0.2) is 22.9 Å². The molecule has 0 aliphatic carbocycles. The smallest absolute Gasteiger partial charge is 0.368 e. The number of nitrogens with zero attached hydrogens (tertiary/aromatic N) is 7. The Morgan fingerprint density at radius 2 is 1.98 bits per heavy atom. The minimum Gasteiger partial charge on any atom is -0.488 e. The van der Waals surface area contributed by atoms with Crippen molar-refractivity contribution in [1.29, 1.82) is 0 Å². The van der Waals surface area contributed by atoms with Crippen molar-refractivity contribution < 1.29 is 17.9 Å². The fourth-order valence-corrected chi connectivity index (χ4v) is 5.60. The fourth-order valence-electron chi connectivity index (χ4n) is 5.60. The number of anilines is 3. The summed E-state index contributed by atoms with van der Waals surface area (Å²) in [6.45, 7) is 7.70. The van der Waals surface area contributed by atoms with Crippen LogP contribution in [0.1, 0.15) is 53.4 Å². The average Bonchev–Trinajstić information content (AvgIpc) is 3.48. The summed E-state index contributed by atoms with van der Waals surface area (Å²) in [6.07, 6.45) is 4.97. The van der Waals surface area contributed by atoms with Crippen molar-refractivity contribution in [3.8, 4) is 11.4 Å². The predicted molar refractivity (Wildman–Crippen MR) is 143 cm³/mol. The van der Waals surface area contributed by atoms with Crippen molar-refractivity contribution in [2.75, 3.05) is 23.8 Å². The van der Waals surface area contributed by atoms with Crippen LogP contribution >= 0.6 is 0 Å². The number of hydrogen-bond acceptors (Lipinski definition) is 9. The van der Waals surface area contributed by atoms with E-state index in [9.17, 15) is 13.6 Å². The van der Waals surface area contributed by atoms with Gasteiger partial charge in [-0.1, -0.05) is 0 Å². The lowest BCUT2D eigenvalue weighted by molar-refractivity contribution is 0.0500. The first-order chi connectivity index (χ1) is 18.8. The number of hydrogen-bond donors (Lipinski definition) is 2. The van der Waals surface area contributed by atoms with Gasteiger partial charge in [-0.15, -0.1) is 0 Å². The summed E-state index contributed by atoms with van der Waals surface area (Å²) in [7, 11) is 1.40. The first-order valence-electron chi connectivity index (χ1n) is 13.3. The number of aromatic nitrogens is 6. The summed E-state index contributed by atoms with van der Waals surface area (Å²) in [5, 5.41) is 13.5. The molecule has 2 saturated heterocycles. The number of ether oxygens (including phenoxy) is 1. The molecule has 2 aliphatic rings. The van der Waals surface area contributed by atoms with Gasteiger partial charge in [0.15, 0.2) is 17.5 Å². The average molecular weight is 562 g/mol. The van der Waals surface area contributed by atoms with Gasteiger partial charge in [-0.3, -0.25) is 4.90 Å². The maximum absolute atomic E-state index is 15.2. The second-order valence-corrected chi connectivity index (χ2v) is 11.7. The van der Waals surface area contributed by atoms with E-state index in [1.54, 1.807) is 0 Å². The van der Waals surface area contributed by atoms with Gasteiger partial charge >= 0.3 is 5.69 Å². The Kier molecular flexibility index (Phi) is 7.23. The summed E-state index contributed by atoms with van der Waals surface area (Å²) in [5.41, 5.74) is -2.47. The third-order valence-electron chi connectivity index (χ3n) is 7.36. The standard InChI is InChI=1S/C26H34F3N9O2/c1-25(2,29)14-40-21-10-17(27)19(11-20(21)38-24(39)36(5)34-35-38)32-23-30-13-18(28)22(33-23)31-15-9-16-7-6-8-37(16)26(3,4)12-15/h10-11,13,15-16H,6-9,12,14H2,1-5H3,(H2,30,31,32,33)/t15-,16-/m1/s1. The summed E-state index contributed by atoms with van der Waals surface area (Å²) < 4.78 is 51.5. The summed E-state index contributed by atoms with van der Waals surface area (Å²) in [6, 6.07) is 2.70. The van der Waals surface area contributed by atoms with E-state index in [0.717, 1.165) is 53.9 Å². The fraction of sp³-hybridized carbons (Fsp3) is 0.577. The number of piperidine rings is 1. The van der Waals surface area contributed by atoms with Crippen LogP contribution in [0.5, 0.6) is 5.75 Å². The van der Waals surface area contributed by atoms with Gasteiger partial charge in [-0.2, -0.15) is 14.3 Å². The van der Waals surface area contributed by atoms with Gasteiger partial charge in [0.05, 0.1) is 11.9 Å². The molecule has 0 spiro atoms. The van der Waals surface area contributed by atoms with Crippen LogP contribution in [-0.4, -0.2) is 71.1 Å². The number of rotatable bonds is 8. The molecule has 0 radical (unpaired) electrons. The van der Waals surface area contributed by atoms with Gasteiger partial charge in [0.2, 0.25) is 5.95 Å². The van der Waals surface area contributed by atoms with Gasteiger partial charge < -0.3 is 15.4 Å². The molecule has 2 aromatic heterocycles. The largest absolute Gasteiger partial charge is 0.488 e. The normalized spacial score (nSPS) is 20.8. The molecule has 14 heteroatoms. The van der Waals surface area contributed by atoms with E-state index in [0.29, 0.717) is 6.04 Å². The molecule has 4 heterocycles. The Morgan fingerprint density at radius 3 is 2.67 bits per heavy atom. The Morgan fingerprint density at radius 1 is 1.20 bits per heavy atom. The van der Waals surface area contributed by atoms with E-state index in [1.807, 2.05) is 0 Å². The first-order valence-corrected chi connectivity index (χ1v) is 13.3. The van der Waals surface area contributed by atoms with E-state index in [1.165, 1.54) is 27.0 Å². The van der Waals surface area contributed by atoms with Crippen LogP contribution in [0.25, 0.3) is 5.69 Å². The van der Waals surface area contributed by atoms with Crippen molar-refractivity contribution in [3.63, 3.8) is 0 Å². The molecule has 2 N–H and O–H groups in total. The molecular weight excluding hydrogens is 527 g/mol. The number of alkyl halides is 1. The monoisotopic (exact) mass is 561 g/mol. The van der Waals surface area contributed by atoms with Crippen LogP contribution in [0.2, 0.25) is 0 Å². The molecule has 11 nitrogen and oxygen atoms in total. The zero-order valence-electron chi connectivity index (χ0n) is 23.2. The SMILES string of the molecule is Cn1nnn(-c2cc(Nc3ncc(F)c(N[C@@H]4C[C@H]5CCCN5C(C)(C)C4)n3)c(F)cc2OCC(C)(C)F)c1=O. The van der Waals surface area contributed by atoms with E-state index in [-0.39, 0.29) is 40.5 Å². The summed E-state index contributed by atoms with van der Waals surface area (Å²) >= 11 is 0. The number of benzene rings is 1. The molecule has 0 amide bonds. The van der Waals surface area contributed by atoms with Crippen molar-refractivity contribution >= 4 is 17.5 Å². The van der Waals surface area contributed by atoms with Gasteiger partial charge in [-0.05, 0) is 76.4 Å². The minimum atomic E-state index is -1.72. The van der Waals surface area contributed by atoms with E-state index >= 15 is 4.39 Å². The molecule has 0 bridgehead atoms. The predicted octanol–water partition coefficient (Wildman–Crippen LogP) is 3.72. The van der Waals surface area contributed by atoms with Gasteiger partial charge in [0, 0.05) is 30.7 Å². The van der Waals surface area contributed by atoms with Gasteiger partial charge in [0.1, 0.15) is 23.7 Å². The molecule has 3 aromatic rings. The Hall–Kier alpha value is -3.68. The molecule has 0 unspecified atom stereocenters. The van der Waals surface area contributed by atoms with Gasteiger partial charge in [0.25, 0.3) is 0 Å². The van der Waals surface area contributed by atoms with Crippen molar-refractivity contribution in [2.24, 2.45) is 7.05 Å². The highest BCUT2D eigenvalue weighted by molar-refractivity contribution is 5.63.